The molecule has 0 unspecified atom stereocenters. The van der Waals surface area contributed by atoms with Crippen LogP contribution >= 0.6 is 22.6 Å². The first-order chi connectivity index (χ1) is 15.5. The van der Waals surface area contributed by atoms with E-state index in [4.69, 9.17) is 4.74 Å². The van der Waals surface area contributed by atoms with Gasteiger partial charge in [0.25, 0.3) is 11.8 Å². The second-order valence-corrected chi connectivity index (χ2v) is 8.98. The number of hydrogen-bond acceptors (Lipinski definition) is 5. The van der Waals surface area contributed by atoms with Gasteiger partial charge in [0.1, 0.15) is 11.3 Å². The van der Waals surface area contributed by atoms with Crippen LogP contribution in [0.1, 0.15) is 40.0 Å². The third-order valence-electron chi connectivity index (χ3n) is 5.31. The van der Waals surface area contributed by atoms with Gasteiger partial charge in [0.05, 0.1) is 9.61 Å². The molecule has 168 valence electrons. The van der Waals surface area contributed by atoms with Crippen molar-refractivity contribution in [1.82, 2.24) is 19.4 Å². The van der Waals surface area contributed by atoms with Gasteiger partial charge in [0, 0.05) is 38.6 Å². The summed E-state index contributed by atoms with van der Waals surface area (Å²) in [4.78, 5) is 36.5. The predicted molar refractivity (Wildman–Crippen MR) is 126 cm³/mol. The maximum atomic E-state index is 13.5. The van der Waals surface area contributed by atoms with Crippen LogP contribution in [0, 0.1) is 5.82 Å². The van der Waals surface area contributed by atoms with Gasteiger partial charge in [-0.3, -0.25) is 19.5 Å². The maximum absolute atomic E-state index is 13.5. The minimum atomic E-state index is -0.494. The standard InChI is InChI=1S/C22H23FIN5O3/c1-32-10-4-9-29-19-17(12-15(13-25-19)21(31)28-8-3-7-18(28)24)26-22(29)27-20(30)14-5-2-6-16(23)11-14/h2,5-6,11-13,18H,3-4,7-10H2,1H3,(H,26,27,30)/t18-/m0/s1. The summed E-state index contributed by atoms with van der Waals surface area (Å²) in [5.41, 5.74) is 1.71. The zero-order chi connectivity index (χ0) is 22.7. The summed E-state index contributed by atoms with van der Waals surface area (Å²) in [6.07, 6.45) is 4.20. The van der Waals surface area contributed by atoms with Gasteiger partial charge < -0.3 is 9.64 Å². The molecule has 1 saturated heterocycles. The lowest BCUT2D eigenvalue weighted by molar-refractivity contribution is 0.0785. The number of nitrogens with one attached hydrogen (secondary N) is 1. The van der Waals surface area contributed by atoms with Crippen molar-refractivity contribution in [2.45, 2.75) is 29.9 Å². The van der Waals surface area contributed by atoms with Crippen LogP contribution in [0.3, 0.4) is 0 Å². The number of hydrogen-bond donors (Lipinski definition) is 1. The largest absolute Gasteiger partial charge is 0.385 e. The number of carbonyl (C=O) groups excluding carboxylic acids is 2. The zero-order valence-electron chi connectivity index (χ0n) is 17.6. The van der Waals surface area contributed by atoms with Crippen molar-refractivity contribution in [2.24, 2.45) is 0 Å². The molecule has 0 spiro atoms. The van der Waals surface area contributed by atoms with Gasteiger partial charge >= 0.3 is 0 Å². The van der Waals surface area contributed by atoms with Crippen molar-refractivity contribution in [1.29, 1.82) is 0 Å². The Morgan fingerprint density at radius 3 is 2.88 bits per heavy atom. The van der Waals surface area contributed by atoms with Crippen LogP contribution in [0.15, 0.2) is 36.5 Å². The summed E-state index contributed by atoms with van der Waals surface area (Å²) in [6.45, 7) is 1.76. The average Bonchev–Trinajstić information content (AvgIpc) is 3.36. The number of imidazole rings is 1. The number of amides is 2. The molecule has 3 aromatic rings. The van der Waals surface area contributed by atoms with Crippen LogP contribution in [-0.4, -0.2) is 55.6 Å². The SMILES string of the molecule is COCCCn1c(NC(=O)c2cccc(F)c2)nc2cc(C(=O)N3CCC[C@H]3I)cnc21. The lowest BCUT2D eigenvalue weighted by Gasteiger charge is -2.19. The van der Waals surface area contributed by atoms with E-state index in [0.717, 1.165) is 19.4 Å². The molecule has 1 fully saturated rings. The fraction of sp³-hybridized carbons (Fsp3) is 0.364. The Morgan fingerprint density at radius 2 is 2.16 bits per heavy atom. The molecule has 8 nitrogen and oxygen atoms in total. The number of ether oxygens (including phenoxy) is 1. The van der Waals surface area contributed by atoms with E-state index in [1.54, 1.807) is 23.9 Å². The van der Waals surface area contributed by atoms with Gasteiger partial charge in [-0.1, -0.05) is 28.7 Å². The third kappa shape index (κ3) is 4.75. The maximum Gasteiger partial charge on any atom is 0.258 e. The fourth-order valence-corrected chi connectivity index (χ4v) is 4.70. The van der Waals surface area contributed by atoms with Crippen molar-refractivity contribution in [3.63, 3.8) is 0 Å². The number of nitrogens with zero attached hydrogens (tertiary/aromatic N) is 4. The number of anilines is 1. The summed E-state index contributed by atoms with van der Waals surface area (Å²) in [5.74, 6) is -0.758. The van der Waals surface area contributed by atoms with Crippen LogP contribution in [-0.2, 0) is 11.3 Å². The summed E-state index contributed by atoms with van der Waals surface area (Å²) in [7, 11) is 1.62. The molecule has 4 rings (SSSR count). The Morgan fingerprint density at radius 1 is 1.31 bits per heavy atom. The summed E-state index contributed by atoms with van der Waals surface area (Å²) in [6, 6.07) is 7.15. The lowest BCUT2D eigenvalue weighted by Crippen LogP contribution is -2.32. The highest BCUT2D eigenvalue weighted by Crippen LogP contribution is 2.26. The van der Waals surface area contributed by atoms with Crippen LogP contribution in [0.4, 0.5) is 10.3 Å². The van der Waals surface area contributed by atoms with Gasteiger partial charge in [-0.25, -0.2) is 14.4 Å². The zero-order valence-corrected chi connectivity index (χ0v) is 19.7. The number of aromatic nitrogens is 3. The Kier molecular flexibility index (Phi) is 6.99. The van der Waals surface area contributed by atoms with Gasteiger partial charge in [0.2, 0.25) is 5.95 Å². The first kappa shape index (κ1) is 22.6. The number of pyridine rings is 1. The molecule has 2 aromatic heterocycles. The van der Waals surface area contributed by atoms with Crippen molar-refractivity contribution < 1.29 is 18.7 Å². The van der Waals surface area contributed by atoms with Gasteiger partial charge in [-0.15, -0.1) is 0 Å². The molecule has 0 radical (unpaired) electrons. The van der Waals surface area contributed by atoms with Crippen LogP contribution < -0.4 is 5.32 Å². The molecule has 0 bridgehead atoms. The monoisotopic (exact) mass is 551 g/mol. The fourth-order valence-electron chi connectivity index (χ4n) is 3.73. The molecule has 0 aliphatic carbocycles. The molecule has 1 atom stereocenters. The number of rotatable bonds is 7. The topological polar surface area (TPSA) is 89.3 Å². The van der Waals surface area contributed by atoms with E-state index in [1.807, 2.05) is 4.90 Å². The summed E-state index contributed by atoms with van der Waals surface area (Å²) in [5, 5.41) is 2.75. The highest BCUT2D eigenvalue weighted by molar-refractivity contribution is 14.1. The number of alkyl halides is 1. The van der Waals surface area contributed by atoms with Crippen molar-refractivity contribution in [3.8, 4) is 0 Å². The second kappa shape index (κ2) is 9.90. The molecule has 0 saturated carbocycles. The first-order valence-corrected chi connectivity index (χ1v) is 11.6. The lowest BCUT2D eigenvalue weighted by atomic mass is 10.2. The summed E-state index contributed by atoms with van der Waals surface area (Å²) >= 11 is 2.28. The van der Waals surface area contributed by atoms with E-state index < -0.39 is 11.7 Å². The normalized spacial score (nSPS) is 16.0. The number of aryl methyl sites for hydroxylation is 1. The number of benzene rings is 1. The quantitative estimate of drug-likeness (QED) is 0.209. The van der Waals surface area contributed by atoms with E-state index in [9.17, 15) is 14.0 Å². The number of carbonyl (C=O) groups is 2. The molecule has 32 heavy (non-hydrogen) atoms. The van der Waals surface area contributed by atoms with Crippen molar-refractivity contribution in [3.05, 3.63) is 53.5 Å². The number of likely N-dealkylation sites (tertiary alicyclic amines) is 1. The number of fused-ring (bicyclic) bond motifs is 1. The molecular formula is C22H23FIN5O3. The molecule has 1 aromatic carbocycles. The van der Waals surface area contributed by atoms with Gasteiger partial charge in [-0.2, -0.15) is 0 Å². The molecular weight excluding hydrogens is 528 g/mol. The molecule has 1 aliphatic rings. The second-order valence-electron chi connectivity index (χ2n) is 7.54. The van der Waals surface area contributed by atoms with Crippen LogP contribution in [0.25, 0.3) is 11.2 Å². The molecule has 3 heterocycles. The highest BCUT2D eigenvalue weighted by Gasteiger charge is 2.28. The van der Waals surface area contributed by atoms with E-state index in [1.165, 1.54) is 24.3 Å². The minimum absolute atomic E-state index is 0.0735. The number of methoxy groups -OCH3 is 1. The van der Waals surface area contributed by atoms with Crippen LogP contribution in [0.5, 0.6) is 0 Å². The molecule has 1 N–H and O–H groups in total. The van der Waals surface area contributed by atoms with E-state index in [-0.39, 0.29) is 21.5 Å². The smallest absolute Gasteiger partial charge is 0.258 e. The molecule has 2 amide bonds. The Labute approximate surface area is 198 Å². The highest BCUT2D eigenvalue weighted by atomic mass is 127. The van der Waals surface area contributed by atoms with E-state index >= 15 is 0 Å². The Balaban J connectivity index is 1.66. The van der Waals surface area contributed by atoms with Gasteiger partial charge in [0.15, 0.2) is 5.65 Å². The Bertz CT molecular complexity index is 1150. The van der Waals surface area contributed by atoms with Crippen molar-refractivity contribution in [2.75, 3.05) is 25.6 Å². The van der Waals surface area contributed by atoms with E-state index in [0.29, 0.717) is 36.3 Å². The third-order valence-corrected chi connectivity index (χ3v) is 6.61. The minimum Gasteiger partial charge on any atom is -0.385 e. The van der Waals surface area contributed by atoms with Gasteiger partial charge in [-0.05, 0) is 43.5 Å². The number of halogens is 2. The average molecular weight is 551 g/mol. The molecule has 10 heteroatoms. The first-order valence-electron chi connectivity index (χ1n) is 10.3. The van der Waals surface area contributed by atoms with Crippen molar-refractivity contribution >= 4 is 51.5 Å². The predicted octanol–water partition coefficient (Wildman–Crippen LogP) is 3.86. The van der Waals surface area contributed by atoms with Crippen LogP contribution in [0.2, 0.25) is 0 Å². The molecule has 1 aliphatic heterocycles. The Hall–Kier alpha value is -2.60. The summed E-state index contributed by atoms with van der Waals surface area (Å²) < 4.78 is 20.6. The van der Waals surface area contributed by atoms with E-state index in [2.05, 4.69) is 37.9 Å².